The van der Waals surface area contributed by atoms with Gasteiger partial charge in [-0.05, 0) is 28.8 Å². The lowest BCUT2D eigenvalue weighted by Gasteiger charge is -2.13. The fraction of sp³-hybridized carbons (Fsp3) is 0.148. The predicted octanol–water partition coefficient (Wildman–Crippen LogP) is 4.17. The number of rotatable bonds is 6. The third-order valence-electron chi connectivity index (χ3n) is 5.43. The Morgan fingerprint density at radius 2 is 1.41 bits per heavy atom. The first-order valence-corrected chi connectivity index (χ1v) is 10.7. The number of nitriles is 1. The van der Waals surface area contributed by atoms with Crippen LogP contribution in [0.1, 0.15) is 47.9 Å². The minimum atomic E-state index is -0.893. The minimum absolute atomic E-state index is 0.0419. The topological polar surface area (TPSA) is 134 Å². The van der Waals surface area contributed by atoms with Crippen molar-refractivity contribution in [3.05, 3.63) is 82.2 Å². The molecule has 37 heavy (non-hydrogen) atoms. The average Bonchev–Trinajstić information content (AvgIpc) is 3.32. The third-order valence-corrected chi connectivity index (χ3v) is 5.43. The van der Waals surface area contributed by atoms with Gasteiger partial charge in [-0.15, -0.1) is 0 Å². The van der Waals surface area contributed by atoms with Gasteiger partial charge in [0.2, 0.25) is 0 Å². The lowest BCUT2D eigenvalue weighted by atomic mass is 9.93. The van der Waals surface area contributed by atoms with Crippen molar-refractivity contribution in [3.63, 3.8) is 0 Å². The number of carbonyl (C=O) groups excluding carboxylic acids is 4. The maximum atomic E-state index is 12.8. The van der Waals surface area contributed by atoms with Gasteiger partial charge in [-0.2, -0.15) is 5.26 Å². The first kappa shape index (κ1) is 26.4. The van der Waals surface area contributed by atoms with E-state index in [1.165, 1.54) is 32.4 Å². The zero-order valence-corrected chi connectivity index (χ0v) is 20.4. The second-order valence-electron chi connectivity index (χ2n) is 7.42. The molecule has 0 bridgehead atoms. The van der Waals surface area contributed by atoms with Crippen LogP contribution in [-0.2, 0) is 18.9 Å². The molecule has 0 atom stereocenters. The molecule has 0 radical (unpaired) electrons. The molecule has 10 heteroatoms. The molecule has 0 fully saturated rings. The monoisotopic (exact) mass is 502 g/mol. The zero-order chi connectivity index (χ0) is 27.1. The van der Waals surface area contributed by atoms with E-state index in [-0.39, 0.29) is 33.5 Å². The van der Waals surface area contributed by atoms with E-state index in [0.717, 1.165) is 30.5 Å². The first-order chi connectivity index (χ1) is 17.8. The van der Waals surface area contributed by atoms with E-state index in [1.807, 2.05) is 36.4 Å². The summed E-state index contributed by atoms with van der Waals surface area (Å²) in [5, 5.41) is 9.73. The minimum Gasteiger partial charge on any atom is -0.465 e. The fourth-order valence-corrected chi connectivity index (χ4v) is 3.69. The Morgan fingerprint density at radius 3 is 1.97 bits per heavy atom. The second kappa shape index (κ2) is 11.5. The van der Waals surface area contributed by atoms with Crippen molar-refractivity contribution in [1.82, 2.24) is 4.57 Å². The summed E-state index contributed by atoms with van der Waals surface area (Å²) < 4.78 is 20.2. The van der Waals surface area contributed by atoms with Crippen LogP contribution in [0.5, 0.6) is 0 Å². The summed E-state index contributed by atoms with van der Waals surface area (Å²) in [7, 11) is 4.63. The van der Waals surface area contributed by atoms with E-state index < -0.39 is 24.0 Å². The van der Waals surface area contributed by atoms with Gasteiger partial charge < -0.3 is 18.9 Å². The van der Waals surface area contributed by atoms with Gasteiger partial charge in [-0.25, -0.2) is 23.7 Å². The van der Waals surface area contributed by atoms with Crippen LogP contribution in [0.25, 0.3) is 23.3 Å². The largest absolute Gasteiger partial charge is 0.465 e. The molecule has 3 rings (SSSR count). The van der Waals surface area contributed by atoms with Crippen molar-refractivity contribution in [3.8, 4) is 17.2 Å². The number of hydrogen-bond acceptors (Lipinski definition) is 9. The normalized spacial score (nSPS) is 10.5. The number of benzene rings is 2. The van der Waals surface area contributed by atoms with Crippen molar-refractivity contribution >= 4 is 36.2 Å². The lowest BCUT2D eigenvalue weighted by molar-refractivity contribution is 0.0555. The molecule has 0 saturated heterocycles. The highest BCUT2D eigenvalue weighted by Gasteiger charge is 2.25. The first-order valence-electron chi connectivity index (χ1n) is 10.7. The highest BCUT2D eigenvalue weighted by Crippen LogP contribution is 2.30. The summed E-state index contributed by atoms with van der Waals surface area (Å²) in [5.41, 5.74) is 1.20. The van der Waals surface area contributed by atoms with Gasteiger partial charge in [0.05, 0.1) is 45.1 Å². The van der Waals surface area contributed by atoms with Crippen LogP contribution in [0.4, 0.5) is 4.79 Å². The molecule has 10 nitrogen and oxygen atoms in total. The van der Waals surface area contributed by atoms with Gasteiger partial charge in [0.15, 0.2) is 0 Å². The molecule has 0 amide bonds. The molecule has 188 valence electrons. The molecule has 1 heterocycles. The molecule has 0 aliphatic rings. The van der Waals surface area contributed by atoms with Gasteiger partial charge in [-0.1, -0.05) is 42.5 Å². The summed E-state index contributed by atoms with van der Waals surface area (Å²) in [4.78, 5) is 50.0. The lowest BCUT2D eigenvalue weighted by Crippen LogP contribution is -2.14. The van der Waals surface area contributed by atoms with Crippen LogP contribution in [0.2, 0.25) is 0 Å². The van der Waals surface area contributed by atoms with Gasteiger partial charge >= 0.3 is 24.0 Å². The number of hydrogen-bond donors (Lipinski definition) is 0. The van der Waals surface area contributed by atoms with E-state index >= 15 is 0 Å². The Kier molecular flexibility index (Phi) is 8.22. The molecule has 0 unspecified atom stereocenters. The second-order valence-corrected chi connectivity index (χ2v) is 7.42. The summed E-state index contributed by atoms with van der Waals surface area (Å²) in [6.07, 6.45) is 3.02. The molecule has 1 aromatic heterocycles. The molecule has 0 aliphatic heterocycles. The Morgan fingerprint density at radius 1 is 0.784 bits per heavy atom. The SMILES string of the molecule is COC(=O)c1cn(C(=O)OC)c(C#N)c1/C=C/c1cc(-c2ccccc2)cc(C(=O)OC)c1C(=O)OC. The highest BCUT2D eigenvalue weighted by atomic mass is 16.5. The van der Waals surface area contributed by atoms with Crippen LogP contribution >= 0.6 is 0 Å². The molecule has 0 spiro atoms. The summed E-state index contributed by atoms with van der Waals surface area (Å²) in [6, 6.07) is 14.1. The van der Waals surface area contributed by atoms with Gasteiger partial charge in [-0.3, -0.25) is 0 Å². The maximum absolute atomic E-state index is 12.8. The molecule has 0 N–H and O–H groups in total. The van der Waals surface area contributed by atoms with Gasteiger partial charge in [0, 0.05) is 11.8 Å². The van der Waals surface area contributed by atoms with E-state index in [1.54, 1.807) is 6.07 Å². The van der Waals surface area contributed by atoms with Gasteiger partial charge in [0.1, 0.15) is 11.8 Å². The molecule has 0 saturated carbocycles. The number of ether oxygens (including phenoxy) is 4. The van der Waals surface area contributed by atoms with Crippen molar-refractivity contribution < 1.29 is 38.1 Å². The number of methoxy groups -OCH3 is 4. The third kappa shape index (κ3) is 5.26. The van der Waals surface area contributed by atoms with Crippen molar-refractivity contribution in [2.75, 3.05) is 28.4 Å². The number of aromatic nitrogens is 1. The molecule has 2 aromatic carbocycles. The summed E-state index contributed by atoms with van der Waals surface area (Å²) >= 11 is 0. The van der Waals surface area contributed by atoms with Crippen LogP contribution < -0.4 is 0 Å². The smallest absolute Gasteiger partial charge is 0.418 e. The zero-order valence-electron chi connectivity index (χ0n) is 20.4. The van der Waals surface area contributed by atoms with Crippen molar-refractivity contribution in [1.29, 1.82) is 5.26 Å². The van der Waals surface area contributed by atoms with E-state index in [2.05, 4.69) is 0 Å². The Hall–Kier alpha value is -5.17. The number of carbonyl (C=O) groups is 4. The van der Waals surface area contributed by atoms with E-state index in [9.17, 15) is 24.4 Å². The van der Waals surface area contributed by atoms with Gasteiger partial charge in [0.25, 0.3) is 0 Å². The fourth-order valence-electron chi connectivity index (χ4n) is 3.69. The standard InChI is InChI=1S/C27H22N2O8/c1-34-24(30)20-13-18(16-8-6-5-7-9-16)12-17(23(20)26(32)36-3)10-11-19-21(25(31)35-2)15-29(22(19)14-28)27(33)37-4/h5-13,15H,1-4H3/b11-10+. The van der Waals surface area contributed by atoms with Crippen molar-refractivity contribution in [2.24, 2.45) is 0 Å². The van der Waals surface area contributed by atoms with Crippen LogP contribution in [0.15, 0.2) is 48.7 Å². The quantitative estimate of drug-likeness (QED) is 0.359. The van der Waals surface area contributed by atoms with Crippen LogP contribution in [0, 0.1) is 11.3 Å². The highest BCUT2D eigenvalue weighted by molar-refractivity contribution is 6.07. The maximum Gasteiger partial charge on any atom is 0.418 e. The Balaban J connectivity index is 2.33. The Labute approximate surface area is 212 Å². The van der Waals surface area contributed by atoms with Crippen LogP contribution in [0.3, 0.4) is 0 Å². The van der Waals surface area contributed by atoms with E-state index in [0.29, 0.717) is 5.56 Å². The molecular formula is C27H22N2O8. The number of esters is 3. The summed E-state index contributed by atoms with van der Waals surface area (Å²) in [5.74, 6) is -2.38. The molecular weight excluding hydrogens is 480 g/mol. The van der Waals surface area contributed by atoms with Crippen molar-refractivity contribution in [2.45, 2.75) is 0 Å². The summed E-state index contributed by atoms with van der Waals surface area (Å²) in [6.45, 7) is 0. The molecule has 0 aliphatic carbocycles. The number of nitrogens with zero attached hydrogens (tertiary/aromatic N) is 2. The van der Waals surface area contributed by atoms with Crippen LogP contribution in [-0.4, -0.2) is 57.0 Å². The Bertz CT molecular complexity index is 1450. The van der Waals surface area contributed by atoms with E-state index in [4.69, 9.17) is 18.9 Å². The predicted molar refractivity (Wildman–Crippen MR) is 132 cm³/mol. The molecule has 3 aromatic rings. The average molecular weight is 502 g/mol.